The summed E-state index contributed by atoms with van der Waals surface area (Å²) in [6.45, 7) is 0. The van der Waals surface area contributed by atoms with Crippen molar-refractivity contribution in [2.24, 2.45) is 0 Å². The highest BCUT2D eigenvalue weighted by molar-refractivity contribution is 7.85. The molecule has 104 valence electrons. The van der Waals surface area contributed by atoms with Crippen LogP contribution in [0.1, 0.15) is 10.6 Å². The Hall–Kier alpha value is -2.41. The lowest BCUT2D eigenvalue weighted by molar-refractivity contribution is -0.113. The summed E-state index contributed by atoms with van der Waals surface area (Å²) >= 11 is 0. The molecule has 0 radical (unpaired) electrons. The number of carboxylic acid groups (broad SMARTS) is 1. The van der Waals surface area contributed by atoms with Crippen LogP contribution in [0, 0.1) is 0 Å². The number of carbonyl (C=O) groups excluding carboxylic acids is 1. The lowest BCUT2D eigenvalue weighted by Gasteiger charge is -2.03. The van der Waals surface area contributed by atoms with Crippen LogP contribution >= 0.6 is 0 Å². The molecular formula is C13H11NO5S. The van der Waals surface area contributed by atoms with Crippen LogP contribution in [0.2, 0.25) is 0 Å². The predicted molar refractivity (Wildman–Crippen MR) is 72.0 cm³/mol. The van der Waals surface area contributed by atoms with Gasteiger partial charge in [-0.25, -0.2) is 4.79 Å². The Morgan fingerprint density at radius 1 is 1.15 bits per heavy atom. The van der Waals surface area contributed by atoms with Gasteiger partial charge < -0.3 is 14.8 Å². The second-order valence-electron chi connectivity index (χ2n) is 3.83. The van der Waals surface area contributed by atoms with Gasteiger partial charge in [-0.05, 0) is 24.3 Å². The van der Waals surface area contributed by atoms with Gasteiger partial charge in [0.1, 0.15) is 5.75 Å². The van der Waals surface area contributed by atoms with Crippen LogP contribution in [0.5, 0.6) is 0 Å². The highest BCUT2D eigenvalue weighted by Crippen LogP contribution is 2.13. The van der Waals surface area contributed by atoms with Gasteiger partial charge in [0.05, 0.1) is 10.8 Å². The van der Waals surface area contributed by atoms with Gasteiger partial charge in [-0.1, -0.05) is 18.2 Å². The van der Waals surface area contributed by atoms with E-state index in [0.29, 0.717) is 5.69 Å². The van der Waals surface area contributed by atoms with Gasteiger partial charge in [-0.15, -0.1) is 0 Å². The fraction of sp³-hybridized carbons (Fsp3) is 0.0769. The zero-order chi connectivity index (χ0) is 14.5. The van der Waals surface area contributed by atoms with Crippen molar-refractivity contribution < 1.29 is 23.3 Å². The van der Waals surface area contributed by atoms with Crippen molar-refractivity contribution >= 4 is 28.4 Å². The molecule has 1 aromatic carbocycles. The third-order valence-electron chi connectivity index (χ3n) is 2.34. The van der Waals surface area contributed by atoms with E-state index in [2.05, 4.69) is 5.32 Å². The number of nitrogens with one attached hydrogen (secondary N) is 1. The van der Waals surface area contributed by atoms with Gasteiger partial charge in [0.15, 0.2) is 5.09 Å². The molecule has 0 aliphatic carbocycles. The van der Waals surface area contributed by atoms with Crippen LogP contribution in [-0.4, -0.2) is 26.9 Å². The molecule has 0 bridgehead atoms. The second-order valence-corrected chi connectivity index (χ2v) is 5.21. The molecule has 20 heavy (non-hydrogen) atoms. The van der Waals surface area contributed by atoms with E-state index in [1.54, 1.807) is 24.3 Å². The summed E-state index contributed by atoms with van der Waals surface area (Å²) in [5.74, 6) is -2.30. The number of carbonyl (C=O) groups is 2. The lowest BCUT2D eigenvalue weighted by Crippen LogP contribution is -2.19. The molecule has 2 aromatic rings. The first-order valence-corrected chi connectivity index (χ1v) is 6.94. The lowest BCUT2D eigenvalue weighted by atomic mass is 10.3. The number of benzene rings is 1. The van der Waals surface area contributed by atoms with Gasteiger partial charge in [-0.2, -0.15) is 0 Å². The third kappa shape index (κ3) is 3.55. The van der Waals surface area contributed by atoms with E-state index in [9.17, 15) is 13.8 Å². The van der Waals surface area contributed by atoms with Crippen molar-refractivity contribution in [1.82, 2.24) is 0 Å². The molecule has 0 saturated heterocycles. The van der Waals surface area contributed by atoms with Gasteiger partial charge in [0, 0.05) is 5.69 Å². The molecule has 0 fully saturated rings. The normalized spacial score (nSPS) is 11.8. The minimum atomic E-state index is -1.72. The van der Waals surface area contributed by atoms with Gasteiger partial charge in [0.2, 0.25) is 11.7 Å². The maximum atomic E-state index is 11.8. The number of para-hydroxylation sites is 1. The Balaban J connectivity index is 1.97. The third-order valence-corrected chi connectivity index (χ3v) is 3.53. The van der Waals surface area contributed by atoms with Gasteiger partial charge in [0.25, 0.3) is 0 Å². The molecule has 2 rings (SSSR count). The Labute approximate surface area is 116 Å². The number of aromatic carboxylic acids is 1. The van der Waals surface area contributed by atoms with Crippen LogP contribution in [0.15, 0.2) is 52.0 Å². The summed E-state index contributed by atoms with van der Waals surface area (Å²) in [7, 11) is -1.72. The maximum absolute atomic E-state index is 11.8. The molecule has 1 atom stereocenters. The fourth-order valence-electron chi connectivity index (χ4n) is 1.47. The van der Waals surface area contributed by atoms with E-state index in [4.69, 9.17) is 9.52 Å². The van der Waals surface area contributed by atoms with Crippen molar-refractivity contribution in [2.75, 3.05) is 11.1 Å². The Kier molecular flexibility index (Phi) is 4.31. The quantitative estimate of drug-likeness (QED) is 0.875. The smallest absolute Gasteiger partial charge is 0.371 e. The molecule has 0 saturated carbocycles. The molecule has 1 amide bonds. The van der Waals surface area contributed by atoms with E-state index in [1.807, 2.05) is 6.07 Å². The number of anilines is 1. The first-order chi connectivity index (χ1) is 9.56. The Morgan fingerprint density at radius 2 is 1.85 bits per heavy atom. The van der Waals surface area contributed by atoms with Crippen LogP contribution < -0.4 is 5.32 Å². The van der Waals surface area contributed by atoms with Gasteiger partial charge >= 0.3 is 5.97 Å². The zero-order valence-corrected chi connectivity index (χ0v) is 11.1. The molecule has 7 heteroatoms. The Bertz CT molecular complexity index is 650. The van der Waals surface area contributed by atoms with E-state index < -0.39 is 22.7 Å². The van der Waals surface area contributed by atoms with Crippen LogP contribution in [0.4, 0.5) is 5.69 Å². The molecular weight excluding hydrogens is 282 g/mol. The number of hydrogen-bond acceptors (Lipinski definition) is 4. The number of hydrogen-bond donors (Lipinski definition) is 2. The van der Waals surface area contributed by atoms with Gasteiger partial charge in [-0.3, -0.25) is 9.00 Å². The Morgan fingerprint density at radius 3 is 2.45 bits per heavy atom. The van der Waals surface area contributed by atoms with Crippen molar-refractivity contribution in [3.63, 3.8) is 0 Å². The SMILES string of the molecule is O=C(CS(=O)c1ccc(C(=O)O)o1)Nc1ccccc1. The van der Waals surface area contributed by atoms with Crippen molar-refractivity contribution in [2.45, 2.75) is 5.09 Å². The molecule has 0 aliphatic heterocycles. The summed E-state index contributed by atoms with van der Waals surface area (Å²) < 4.78 is 16.7. The standard InChI is InChI=1S/C13H11NO5S/c15-11(14-9-4-2-1-3-5-9)8-20(18)12-7-6-10(19-12)13(16)17/h1-7H,8H2,(H,14,15)(H,16,17). The summed E-state index contributed by atoms with van der Waals surface area (Å²) in [6.07, 6.45) is 0. The minimum Gasteiger partial charge on any atom is -0.475 e. The number of rotatable bonds is 5. The number of furan rings is 1. The predicted octanol–water partition coefficient (Wildman–Crippen LogP) is 1.72. The average molecular weight is 293 g/mol. The van der Waals surface area contributed by atoms with E-state index >= 15 is 0 Å². The molecule has 0 spiro atoms. The molecule has 2 N–H and O–H groups in total. The molecule has 0 aliphatic rings. The van der Waals surface area contributed by atoms with Crippen LogP contribution in [-0.2, 0) is 15.6 Å². The summed E-state index contributed by atoms with van der Waals surface area (Å²) in [5.41, 5.74) is 0.597. The zero-order valence-electron chi connectivity index (χ0n) is 10.2. The highest BCUT2D eigenvalue weighted by atomic mass is 32.2. The summed E-state index contributed by atoms with van der Waals surface area (Å²) in [6, 6.07) is 11.2. The number of amides is 1. The highest BCUT2D eigenvalue weighted by Gasteiger charge is 2.16. The van der Waals surface area contributed by atoms with Crippen LogP contribution in [0.25, 0.3) is 0 Å². The summed E-state index contributed by atoms with van der Waals surface area (Å²) in [4.78, 5) is 22.3. The average Bonchev–Trinajstić information content (AvgIpc) is 2.89. The summed E-state index contributed by atoms with van der Waals surface area (Å²) in [5, 5.41) is 11.2. The maximum Gasteiger partial charge on any atom is 0.371 e. The van der Waals surface area contributed by atoms with E-state index in [0.717, 1.165) is 0 Å². The number of carboxylic acids is 1. The fourth-order valence-corrected chi connectivity index (χ4v) is 2.32. The van der Waals surface area contributed by atoms with Crippen molar-refractivity contribution in [3.8, 4) is 0 Å². The molecule has 6 nitrogen and oxygen atoms in total. The monoisotopic (exact) mass is 293 g/mol. The van der Waals surface area contributed by atoms with Crippen LogP contribution in [0.3, 0.4) is 0 Å². The first kappa shape index (κ1) is 14.0. The first-order valence-electron chi connectivity index (χ1n) is 5.62. The van der Waals surface area contributed by atoms with E-state index in [-0.39, 0.29) is 16.6 Å². The van der Waals surface area contributed by atoms with Crippen molar-refractivity contribution in [3.05, 3.63) is 48.2 Å². The minimum absolute atomic E-state index is 0.0365. The largest absolute Gasteiger partial charge is 0.475 e. The topological polar surface area (TPSA) is 96.6 Å². The van der Waals surface area contributed by atoms with Crippen molar-refractivity contribution in [1.29, 1.82) is 0 Å². The second kappa shape index (κ2) is 6.16. The molecule has 1 unspecified atom stereocenters. The van der Waals surface area contributed by atoms with E-state index in [1.165, 1.54) is 12.1 Å². The molecule has 1 heterocycles. The molecule has 1 aromatic heterocycles.